The first-order valence-corrected chi connectivity index (χ1v) is 8.45. The van der Waals surface area contributed by atoms with E-state index in [2.05, 4.69) is 30.5 Å². The van der Waals surface area contributed by atoms with Crippen LogP contribution in [-0.2, 0) is 0 Å². The lowest BCUT2D eigenvalue weighted by Gasteiger charge is -2.39. The number of nitro benzene ring substituents is 1. The minimum Gasteiger partial charge on any atom is -0.495 e. The normalized spacial score (nSPS) is 23.5. The summed E-state index contributed by atoms with van der Waals surface area (Å²) < 4.78 is 5.57. The van der Waals surface area contributed by atoms with Gasteiger partial charge in [-0.2, -0.15) is 0 Å². The maximum atomic E-state index is 11.2. The Morgan fingerprint density at radius 2 is 2.12 bits per heavy atom. The number of hydrogen-bond acceptors (Lipinski definition) is 4. The summed E-state index contributed by atoms with van der Waals surface area (Å²) in [4.78, 5) is 10.8. The molecule has 0 amide bonds. The predicted octanol–water partition coefficient (Wildman–Crippen LogP) is 4.74. The van der Waals surface area contributed by atoms with Crippen LogP contribution in [0.1, 0.15) is 35.1 Å². The molecule has 3 atom stereocenters. The molecule has 1 heterocycles. The highest BCUT2D eigenvalue weighted by molar-refractivity contribution is 5.70. The SMILES string of the molecule is COc1ccc(C)c2c1N[C@H](c1cccc([N+](=O)[O-])c1)[C@H]1CC=C[C@@H]21. The number of nitrogens with one attached hydrogen (secondary N) is 1. The van der Waals surface area contributed by atoms with E-state index < -0.39 is 0 Å². The summed E-state index contributed by atoms with van der Waals surface area (Å²) in [5, 5.41) is 14.8. The number of methoxy groups -OCH3 is 1. The molecule has 2 aliphatic rings. The van der Waals surface area contributed by atoms with E-state index in [4.69, 9.17) is 4.74 Å². The third-order valence-corrected chi connectivity index (χ3v) is 5.36. The van der Waals surface area contributed by atoms with Crippen molar-refractivity contribution in [3.05, 3.63) is 75.4 Å². The Hall–Kier alpha value is -2.82. The molecule has 0 spiro atoms. The van der Waals surface area contributed by atoms with E-state index in [1.807, 2.05) is 12.1 Å². The molecule has 5 nitrogen and oxygen atoms in total. The number of nitrogens with zero attached hydrogens (tertiary/aromatic N) is 1. The molecule has 1 aliphatic heterocycles. The third-order valence-electron chi connectivity index (χ3n) is 5.36. The number of fused-ring (bicyclic) bond motifs is 3. The maximum absolute atomic E-state index is 11.2. The number of anilines is 1. The van der Waals surface area contributed by atoms with Crippen molar-refractivity contribution in [2.45, 2.75) is 25.3 Å². The van der Waals surface area contributed by atoms with Crippen molar-refractivity contribution in [3.8, 4) is 5.75 Å². The Morgan fingerprint density at radius 3 is 2.88 bits per heavy atom. The monoisotopic (exact) mass is 336 g/mol. The number of aryl methyl sites for hydroxylation is 1. The maximum Gasteiger partial charge on any atom is 0.269 e. The zero-order valence-corrected chi connectivity index (χ0v) is 14.2. The zero-order valence-electron chi connectivity index (χ0n) is 14.2. The van der Waals surface area contributed by atoms with Gasteiger partial charge in [0.25, 0.3) is 5.69 Å². The van der Waals surface area contributed by atoms with Crippen LogP contribution in [0.2, 0.25) is 0 Å². The quantitative estimate of drug-likeness (QED) is 0.499. The average Bonchev–Trinajstić information content (AvgIpc) is 3.11. The van der Waals surface area contributed by atoms with Crippen molar-refractivity contribution in [2.24, 2.45) is 5.92 Å². The lowest BCUT2D eigenvalue weighted by atomic mass is 9.75. The van der Waals surface area contributed by atoms with Crippen LogP contribution >= 0.6 is 0 Å². The summed E-state index contributed by atoms with van der Waals surface area (Å²) in [6.07, 6.45) is 5.44. The van der Waals surface area contributed by atoms with Gasteiger partial charge in [-0.05, 0) is 42.0 Å². The van der Waals surface area contributed by atoms with E-state index >= 15 is 0 Å². The standard InChI is InChI=1S/C20H20N2O3/c1-12-9-10-17(25-2)20-18(12)15-7-4-8-16(15)19(21-20)13-5-3-6-14(11-13)22(23)24/h3-7,9-11,15-16,19,21H,8H2,1-2H3/t15-,16+,19-/m1/s1. The molecule has 1 N–H and O–H groups in total. The van der Waals surface area contributed by atoms with Gasteiger partial charge in [0.1, 0.15) is 5.75 Å². The van der Waals surface area contributed by atoms with Crippen LogP contribution in [0.3, 0.4) is 0 Å². The van der Waals surface area contributed by atoms with Gasteiger partial charge in [-0.3, -0.25) is 10.1 Å². The number of rotatable bonds is 3. The third kappa shape index (κ3) is 2.47. The van der Waals surface area contributed by atoms with Crippen molar-refractivity contribution >= 4 is 11.4 Å². The van der Waals surface area contributed by atoms with Crippen molar-refractivity contribution in [1.82, 2.24) is 0 Å². The molecule has 5 heteroatoms. The first-order chi connectivity index (χ1) is 12.1. The highest BCUT2D eigenvalue weighted by atomic mass is 16.6. The van der Waals surface area contributed by atoms with Crippen LogP contribution in [-0.4, -0.2) is 12.0 Å². The number of nitro groups is 1. The molecule has 0 saturated heterocycles. The highest BCUT2D eigenvalue weighted by Gasteiger charge is 2.40. The lowest BCUT2D eigenvalue weighted by molar-refractivity contribution is -0.384. The van der Waals surface area contributed by atoms with Gasteiger partial charge in [-0.25, -0.2) is 0 Å². The van der Waals surface area contributed by atoms with E-state index in [-0.39, 0.29) is 16.7 Å². The number of ether oxygens (including phenoxy) is 1. The largest absolute Gasteiger partial charge is 0.495 e. The second-order valence-corrected chi connectivity index (χ2v) is 6.70. The molecule has 2 aromatic carbocycles. The topological polar surface area (TPSA) is 64.4 Å². The van der Waals surface area contributed by atoms with E-state index in [1.165, 1.54) is 17.2 Å². The molecule has 128 valence electrons. The van der Waals surface area contributed by atoms with Crippen LogP contribution in [0, 0.1) is 23.0 Å². The van der Waals surface area contributed by atoms with Gasteiger partial charge in [-0.15, -0.1) is 0 Å². The summed E-state index contributed by atoms with van der Waals surface area (Å²) in [5.41, 5.74) is 4.60. The van der Waals surface area contributed by atoms with Gasteiger partial charge in [0.15, 0.2) is 0 Å². The molecule has 0 bridgehead atoms. The lowest BCUT2D eigenvalue weighted by Crippen LogP contribution is -2.30. The molecule has 25 heavy (non-hydrogen) atoms. The second kappa shape index (κ2) is 5.92. The molecule has 0 radical (unpaired) electrons. The summed E-state index contributed by atoms with van der Waals surface area (Å²) in [6.45, 7) is 2.12. The van der Waals surface area contributed by atoms with Crippen molar-refractivity contribution in [2.75, 3.05) is 12.4 Å². The Bertz CT molecular complexity index is 875. The number of allylic oxidation sites excluding steroid dienone is 2. The number of benzene rings is 2. The molecule has 0 saturated carbocycles. The van der Waals surface area contributed by atoms with Crippen LogP contribution in [0.25, 0.3) is 0 Å². The van der Waals surface area contributed by atoms with E-state index in [0.717, 1.165) is 23.4 Å². The van der Waals surface area contributed by atoms with E-state index in [1.54, 1.807) is 19.2 Å². The summed E-state index contributed by atoms with van der Waals surface area (Å²) in [6, 6.07) is 11.0. The second-order valence-electron chi connectivity index (χ2n) is 6.70. The minimum absolute atomic E-state index is 0.0168. The first-order valence-electron chi connectivity index (χ1n) is 8.45. The average molecular weight is 336 g/mol. The van der Waals surface area contributed by atoms with Gasteiger partial charge < -0.3 is 10.1 Å². The highest BCUT2D eigenvalue weighted by Crippen LogP contribution is 2.53. The van der Waals surface area contributed by atoms with E-state index in [0.29, 0.717) is 11.8 Å². The molecule has 4 rings (SSSR count). The van der Waals surface area contributed by atoms with Crippen LogP contribution in [0.15, 0.2) is 48.6 Å². The van der Waals surface area contributed by atoms with Crippen molar-refractivity contribution in [1.29, 1.82) is 0 Å². The Morgan fingerprint density at radius 1 is 1.28 bits per heavy atom. The Labute approximate surface area is 146 Å². The molecule has 1 aliphatic carbocycles. The molecule has 0 fully saturated rings. The summed E-state index contributed by atoms with van der Waals surface area (Å²) >= 11 is 0. The first kappa shape index (κ1) is 15.7. The molecule has 2 aromatic rings. The predicted molar refractivity (Wildman–Crippen MR) is 97.2 cm³/mol. The molecule has 0 unspecified atom stereocenters. The van der Waals surface area contributed by atoms with Gasteiger partial charge in [0.2, 0.25) is 0 Å². The van der Waals surface area contributed by atoms with Crippen LogP contribution in [0.5, 0.6) is 5.75 Å². The minimum atomic E-state index is -0.338. The smallest absolute Gasteiger partial charge is 0.269 e. The van der Waals surface area contributed by atoms with E-state index in [9.17, 15) is 10.1 Å². The molecular formula is C20H20N2O3. The van der Waals surface area contributed by atoms with Gasteiger partial charge in [-0.1, -0.05) is 30.4 Å². The fourth-order valence-electron chi connectivity index (χ4n) is 4.20. The van der Waals surface area contributed by atoms with Crippen molar-refractivity contribution < 1.29 is 9.66 Å². The fourth-order valence-corrected chi connectivity index (χ4v) is 4.20. The molecule has 0 aromatic heterocycles. The van der Waals surface area contributed by atoms with Gasteiger partial charge >= 0.3 is 0 Å². The Balaban J connectivity index is 1.84. The molecular weight excluding hydrogens is 316 g/mol. The Kier molecular flexibility index (Phi) is 3.71. The van der Waals surface area contributed by atoms with Gasteiger partial charge in [0, 0.05) is 18.1 Å². The zero-order chi connectivity index (χ0) is 17.6. The summed E-state index contributed by atoms with van der Waals surface area (Å²) in [7, 11) is 1.67. The van der Waals surface area contributed by atoms with Crippen LogP contribution < -0.4 is 10.1 Å². The number of hydrogen-bond donors (Lipinski definition) is 1. The van der Waals surface area contributed by atoms with Crippen LogP contribution in [0.4, 0.5) is 11.4 Å². The fraction of sp³-hybridized carbons (Fsp3) is 0.300. The summed E-state index contributed by atoms with van der Waals surface area (Å²) in [5.74, 6) is 1.46. The van der Waals surface area contributed by atoms with Gasteiger partial charge in [0.05, 0.1) is 23.8 Å². The van der Waals surface area contributed by atoms with Crippen molar-refractivity contribution in [3.63, 3.8) is 0 Å². The number of non-ortho nitro benzene ring substituents is 1.